The smallest absolute Gasteiger partial charge is 0.168 e. The van der Waals surface area contributed by atoms with Gasteiger partial charge in [0.1, 0.15) is 7.38 Å². The fraction of sp³-hybridized carbons (Fsp3) is 1.00. The number of hydrogen-bond donors (Lipinski definition) is 0. The van der Waals surface area contributed by atoms with Crippen molar-refractivity contribution in [1.82, 2.24) is 0 Å². The van der Waals surface area contributed by atoms with Crippen molar-refractivity contribution in [1.29, 1.82) is 0 Å². The fourth-order valence-electron chi connectivity index (χ4n) is 0. The molecule has 0 rings (SSSR count). The van der Waals surface area contributed by atoms with Crippen LogP contribution in [0.3, 0.4) is 0 Å². The van der Waals surface area contributed by atoms with Crippen LogP contribution < -0.4 is 0 Å². The summed E-state index contributed by atoms with van der Waals surface area (Å²) in [5.74, 6) is 0. The maximum absolute atomic E-state index is 5.67. The number of halogens is 5. The Morgan fingerprint density at radius 3 is 0.900 bits per heavy atom. The van der Waals surface area contributed by atoms with Gasteiger partial charge in [0.05, 0.1) is 0 Å². The molecule has 64 valence electrons. The Morgan fingerprint density at radius 2 is 0.900 bits per heavy atom. The summed E-state index contributed by atoms with van der Waals surface area (Å²) in [6, 6.07) is 0. The van der Waals surface area contributed by atoms with Crippen LogP contribution in [0.1, 0.15) is 0 Å². The van der Waals surface area contributed by atoms with Gasteiger partial charge in [0.2, 0.25) is 0 Å². The summed E-state index contributed by atoms with van der Waals surface area (Å²) >= 11 is 18.7. The van der Waals surface area contributed by atoms with Crippen molar-refractivity contribution < 1.29 is 0 Å². The largest absolute Gasteiger partial charge is 0.336 e. The lowest BCUT2D eigenvalue weighted by atomic mass is 11.8. The minimum absolute atomic E-state index is 1.14. The number of hydrogen-bond acceptors (Lipinski definition) is 0. The molecular weight excluding hydrogens is 447 g/mol. The van der Waals surface area contributed by atoms with E-state index in [9.17, 15) is 0 Å². The molecule has 0 heterocycles. The van der Waals surface area contributed by atoms with Crippen molar-refractivity contribution in [3.8, 4) is 0 Å². The van der Waals surface area contributed by atoms with Gasteiger partial charge < -0.3 is 0 Å². The molecule has 0 aromatic heterocycles. The minimum atomic E-state index is -1.36. The molecule has 0 radical (unpaired) electrons. The van der Waals surface area contributed by atoms with E-state index in [1.54, 1.807) is 0 Å². The third kappa shape index (κ3) is 142. The number of rotatable bonds is 0. The molecule has 0 atom stereocenters. The Labute approximate surface area is 101 Å². The second-order valence-corrected chi connectivity index (χ2v) is 44.3. The summed E-state index contributed by atoms with van der Waals surface area (Å²) in [6.07, 6.45) is 0. The van der Waals surface area contributed by atoms with Crippen LogP contribution in [0.15, 0.2) is 0 Å². The second-order valence-electron chi connectivity index (χ2n) is 2.50. The third-order valence-electron chi connectivity index (χ3n) is 0. The lowest BCUT2D eigenvalue weighted by molar-refractivity contribution is 1.87. The highest BCUT2D eigenvalue weighted by atomic mass is 80.0. The van der Waals surface area contributed by atoms with Crippen LogP contribution in [0.5, 0.6) is 0 Å². The molecule has 0 N–H and O–H groups in total. The highest BCUT2D eigenvalue weighted by Crippen LogP contribution is 2.33. The first kappa shape index (κ1) is 15.1. The van der Waals surface area contributed by atoms with Gasteiger partial charge in [-0.25, -0.2) is 0 Å². The molecule has 10 heavy (non-hydrogen) atoms. The monoisotopic (exact) mass is 452 g/mol. The van der Waals surface area contributed by atoms with E-state index in [1.807, 2.05) is 0 Å². The molecular formula is C3H9Br4ClSi2. The molecule has 0 aliphatic carbocycles. The SMILES string of the molecule is Br[Si](Br)(Br)Br.C[Si](C)(C)Cl. The van der Waals surface area contributed by atoms with E-state index in [-0.39, 0.29) is 0 Å². The standard InChI is InChI=1S/C3H9ClSi.Br4Si/c2*1-5(2,3)4/h1-3H3;. The van der Waals surface area contributed by atoms with Crippen molar-refractivity contribution in [2.75, 3.05) is 0 Å². The Bertz CT molecular complexity index is 61.5. The van der Waals surface area contributed by atoms with Gasteiger partial charge in [0.25, 0.3) is 0 Å². The van der Waals surface area contributed by atoms with Crippen molar-refractivity contribution in [2.24, 2.45) is 0 Å². The highest BCUT2D eigenvalue weighted by molar-refractivity contribution is 9.90. The third-order valence-corrected chi connectivity index (χ3v) is 0. The van der Waals surface area contributed by atoms with Crippen molar-refractivity contribution >= 4 is 82.2 Å². The maximum Gasteiger partial charge on any atom is 0.336 e. The molecule has 0 bridgehead atoms. The first-order valence-corrected chi connectivity index (χ1v) is 18.0. The van der Waals surface area contributed by atoms with E-state index in [0.717, 1.165) is 0 Å². The van der Waals surface area contributed by atoms with Gasteiger partial charge in [0, 0.05) is 0 Å². The highest BCUT2D eigenvalue weighted by Gasteiger charge is 2.14. The van der Waals surface area contributed by atoms with Crippen molar-refractivity contribution in [3.63, 3.8) is 0 Å². The molecule has 0 amide bonds. The van der Waals surface area contributed by atoms with E-state index < -0.39 is 9.93 Å². The zero-order valence-electron chi connectivity index (χ0n) is 5.89. The normalized spacial score (nSPS) is 12.0. The van der Waals surface area contributed by atoms with E-state index in [0.29, 0.717) is 0 Å². The fourth-order valence-corrected chi connectivity index (χ4v) is 0. The summed E-state index contributed by atoms with van der Waals surface area (Å²) in [5.41, 5.74) is 0. The molecule has 0 saturated carbocycles. The quantitative estimate of drug-likeness (QED) is 0.353. The first-order valence-electron chi connectivity index (χ1n) is 2.44. The van der Waals surface area contributed by atoms with Crippen molar-refractivity contribution in [2.45, 2.75) is 19.6 Å². The van der Waals surface area contributed by atoms with Gasteiger partial charge >= 0.3 is 2.55 Å². The zero-order valence-corrected chi connectivity index (χ0v) is 15.0. The Kier molecular flexibility index (Phi) is 9.31. The summed E-state index contributed by atoms with van der Waals surface area (Å²) in [7, 11) is -1.14. The van der Waals surface area contributed by atoms with Crippen LogP contribution in [0.25, 0.3) is 0 Å². The van der Waals surface area contributed by atoms with Crippen LogP contribution in [0.2, 0.25) is 19.6 Å². The van der Waals surface area contributed by atoms with Gasteiger partial charge in [-0.3, -0.25) is 0 Å². The lowest BCUT2D eigenvalue weighted by Gasteiger charge is -1.97. The van der Waals surface area contributed by atoms with Crippen LogP contribution in [-0.4, -0.2) is 9.93 Å². The van der Waals surface area contributed by atoms with Crippen molar-refractivity contribution in [3.05, 3.63) is 0 Å². The van der Waals surface area contributed by atoms with Crippen LogP contribution in [0, 0.1) is 0 Å². The molecule has 0 aromatic carbocycles. The zero-order chi connectivity index (χ0) is 9.00. The van der Waals surface area contributed by atoms with E-state index in [4.69, 9.17) is 11.1 Å². The average Bonchev–Trinajstić information content (AvgIpc) is 1.12. The average molecular weight is 456 g/mol. The van der Waals surface area contributed by atoms with E-state index in [1.165, 1.54) is 0 Å². The Hall–Kier alpha value is 2.64. The molecule has 0 saturated heterocycles. The van der Waals surface area contributed by atoms with Crippen LogP contribution in [0.4, 0.5) is 0 Å². The summed E-state index contributed by atoms with van der Waals surface area (Å²) in [5, 5.41) is 0. The molecule has 0 fully saturated rings. The molecule has 0 unspecified atom stereocenters. The van der Waals surface area contributed by atoms with Gasteiger partial charge in [-0.05, 0) is 0 Å². The Morgan fingerprint density at radius 1 is 0.900 bits per heavy atom. The van der Waals surface area contributed by atoms with Gasteiger partial charge in [-0.15, -0.1) is 0 Å². The molecule has 0 aliphatic rings. The van der Waals surface area contributed by atoms with Gasteiger partial charge in [-0.2, -0.15) is 11.1 Å². The summed E-state index contributed by atoms with van der Waals surface area (Å²) < 4.78 is -1.36. The predicted molar refractivity (Wildman–Crippen MR) is 70.7 cm³/mol. The minimum Gasteiger partial charge on any atom is -0.168 e. The summed E-state index contributed by atoms with van der Waals surface area (Å²) in [6.45, 7) is 6.28. The van der Waals surface area contributed by atoms with Crippen LogP contribution in [-0.2, 0) is 0 Å². The van der Waals surface area contributed by atoms with E-state index >= 15 is 0 Å². The molecule has 0 spiro atoms. The predicted octanol–water partition coefficient (Wildman–Crippen LogP) is 5.06. The summed E-state index contributed by atoms with van der Waals surface area (Å²) in [4.78, 5) is 0. The lowest BCUT2D eigenvalue weighted by Crippen LogP contribution is -2.06. The molecule has 0 aliphatic heterocycles. The maximum atomic E-state index is 5.67. The molecule has 0 nitrogen and oxygen atoms in total. The first-order chi connectivity index (χ1) is 4.00. The van der Waals surface area contributed by atoms with Gasteiger partial charge in [-0.1, -0.05) is 80.8 Å². The van der Waals surface area contributed by atoms with E-state index in [2.05, 4.69) is 80.8 Å². The van der Waals surface area contributed by atoms with Crippen LogP contribution >= 0.6 is 72.2 Å². The Balaban J connectivity index is 0. The topological polar surface area (TPSA) is 0 Å². The van der Waals surface area contributed by atoms with Gasteiger partial charge in [0.15, 0.2) is 0 Å². The molecule has 0 aromatic rings. The molecule has 7 heteroatoms. The second kappa shape index (κ2) is 6.15.